The first-order valence-electron chi connectivity index (χ1n) is 8.33. The van der Waals surface area contributed by atoms with E-state index in [9.17, 15) is 4.79 Å². The molecule has 1 fully saturated rings. The van der Waals surface area contributed by atoms with Crippen LogP contribution in [-0.4, -0.2) is 28.9 Å². The number of carbonyl (C=O) groups is 1. The van der Waals surface area contributed by atoms with Gasteiger partial charge in [-0.3, -0.25) is 4.79 Å². The number of para-hydroxylation sites is 2. The van der Waals surface area contributed by atoms with E-state index in [4.69, 9.17) is 4.42 Å². The van der Waals surface area contributed by atoms with Gasteiger partial charge in [0.25, 0.3) is 0 Å². The predicted molar refractivity (Wildman–Crippen MR) is 86.6 cm³/mol. The van der Waals surface area contributed by atoms with E-state index in [1.807, 2.05) is 36.1 Å². The fourth-order valence-corrected chi connectivity index (χ4v) is 3.28. The van der Waals surface area contributed by atoms with Gasteiger partial charge in [-0.2, -0.15) is 0 Å². The summed E-state index contributed by atoms with van der Waals surface area (Å²) in [5, 5.41) is 0. The Kier molecular flexibility index (Phi) is 4.46. The number of fused-ring (bicyclic) bond motifs is 1. The van der Waals surface area contributed by atoms with Crippen LogP contribution in [-0.2, 0) is 4.79 Å². The van der Waals surface area contributed by atoms with Crippen LogP contribution in [0.3, 0.4) is 0 Å². The summed E-state index contributed by atoms with van der Waals surface area (Å²) in [5.74, 6) is 1.61. The van der Waals surface area contributed by atoms with Crippen molar-refractivity contribution in [3.63, 3.8) is 0 Å². The first-order valence-corrected chi connectivity index (χ1v) is 8.33. The molecule has 1 amide bonds. The van der Waals surface area contributed by atoms with Crippen molar-refractivity contribution in [2.24, 2.45) is 5.92 Å². The molecule has 0 aliphatic carbocycles. The van der Waals surface area contributed by atoms with Crippen molar-refractivity contribution < 1.29 is 9.21 Å². The molecule has 1 aromatic heterocycles. The number of hydrogen-bond donors (Lipinski definition) is 0. The van der Waals surface area contributed by atoms with Gasteiger partial charge in [-0.1, -0.05) is 32.4 Å². The summed E-state index contributed by atoms with van der Waals surface area (Å²) in [6, 6.07) is 7.88. The van der Waals surface area contributed by atoms with Crippen LogP contribution in [0.4, 0.5) is 0 Å². The highest BCUT2D eigenvalue weighted by Gasteiger charge is 2.28. The molecule has 0 saturated carbocycles. The first kappa shape index (κ1) is 15.1. The monoisotopic (exact) mass is 300 g/mol. The van der Waals surface area contributed by atoms with Gasteiger partial charge in [-0.25, -0.2) is 4.98 Å². The van der Waals surface area contributed by atoms with Crippen molar-refractivity contribution >= 4 is 17.0 Å². The van der Waals surface area contributed by atoms with Crippen LogP contribution in [0, 0.1) is 5.92 Å². The van der Waals surface area contributed by atoms with Gasteiger partial charge in [-0.15, -0.1) is 0 Å². The average molecular weight is 300 g/mol. The highest BCUT2D eigenvalue weighted by molar-refractivity contribution is 5.78. The highest BCUT2D eigenvalue weighted by atomic mass is 16.3. The van der Waals surface area contributed by atoms with Crippen LogP contribution in [0.15, 0.2) is 28.7 Å². The largest absolute Gasteiger partial charge is 0.440 e. The second-order valence-corrected chi connectivity index (χ2v) is 6.31. The summed E-state index contributed by atoms with van der Waals surface area (Å²) in [7, 11) is 0. The molecule has 0 N–H and O–H groups in total. The lowest BCUT2D eigenvalue weighted by Gasteiger charge is -2.32. The molecule has 4 heteroatoms. The zero-order chi connectivity index (χ0) is 15.5. The van der Waals surface area contributed by atoms with Crippen molar-refractivity contribution in [1.82, 2.24) is 9.88 Å². The Morgan fingerprint density at radius 2 is 2.09 bits per heavy atom. The molecule has 1 aromatic carbocycles. The van der Waals surface area contributed by atoms with E-state index in [0.29, 0.717) is 11.8 Å². The van der Waals surface area contributed by atoms with Crippen LogP contribution < -0.4 is 0 Å². The molecule has 1 saturated heterocycles. The summed E-state index contributed by atoms with van der Waals surface area (Å²) < 4.78 is 5.87. The number of hydrogen-bond acceptors (Lipinski definition) is 3. The fraction of sp³-hybridized carbons (Fsp3) is 0.556. The number of rotatable bonds is 4. The molecule has 1 unspecified atom stereocenters. The van der Waals surface area contributed by atoms with Crippen molar-refractivity contribution in [3.8, 4) is 0 Å². The van der Waals surface area contributed by atoms with Gasteiger partial charge in [-0.05, 0) is 31.4 Å². The number of oxazole rings is 1. The van der Waals surface area contributed by atoms with Gasteiger partial charge in [0.15, 0.2) is 11.5 Å². The molecule has 2 aromatic rings. The minimum absolute atomic E-state index is 0.144. The van der Waals surface area contributed by atoms with E-state index in [1.54, 1.807) is 0 Å². The number of nitrogens with zero attached hydrogens (tertiary/aromatic N) is 2. The number of aromatic nitrogens is 1. The normalized spacial score (nSPS) is 17.8. The zero-order valence-electron chi connectivity index (χ0n) is 13.4. The molecule has 0 radical (unpaired) electrons. The fourth-order valence-electron chi connectivity index (χ4n) is 3.28. The van der Waals surface area contributed by atoms with Gasteiger partial charge < -0.3 is 9.32 Å². The van der Waals surface area contributed by atoms with Crippen LogP contribution in [0.1, 0.15) is 51.3 Å². The molecular formula is C18H24N2O2. The number of amides is 1. The van der Waals surface area contributed by atoms with Gasteiger partial charge >= 0.3 is 0 Å². The van der Waals surface area contributed by atoms with Gasteiger partial charge in [0.2, 0.25) is 5.91 Å². The van der Waals surface area contributed by atoms with Crippen LogP contribution in [0.5, 0.6) is 0 Å². The number of piperidine rings is 1. The van der Waals surface area contributed by atoms with Gasteiger partial charge in [0.05, 0.1) is 0 Å². The van der Waals surface area contributed by atoms with E-state index < -0.39 is 0 Å². The smallest absolute Gasteiger partial charge is 0.225 e. The molecule has 1 aliphatic rings. The number of likely N-dealkylation sites (tertiary alicyclic amines) is 1. The highest BCUT2D eigenvalue weighted by Crippen LogP contribution is 2.30. The third-order valence-corrected chi connectivity index (χ3v) is 4.61. The molecule has 118 valence electrons. The zero-order valence-corrected chi connectivity index (χ0v) is 13.4. The van der Waals surface area contributed by atoms with Crippen LogP contribution >= 0.6 is 0 Å². The topological polar surface area (TPSA) is 46.3 Å². The first-order chi connectivity index (χ1) is 10.7. The maximum atomic E-state index is 12.4. The van der Waals surface area contributed by atoms with Crippen molar-refractivity contribution in [3.05, 3.63) is 30.2 Å². The molecule has 4 nitrogen and oxygen atoms in total. The molecule has 0 bridgehead atoms. The Morgan fingerprint density at radius 3 is 2.77 bits per heavy atom. The molecule has 1 aliphatic heterocycles. The minimum atomic E-state index is 0.144. The summed E-state index contributed by atoms with van der Waals surface area (Å²) in [5.41, 5.74) is 1.78. The van der Waals surface area contributed by atoms with Crippen LogP contribution in [0.25, 0.3) is 11.1 Å². The molecule has 1 atom stereocenters. The summed E-state index contributed by atoms with van der Waals surface area (Å²) >= 11 is 0. The van der Waals surface area contributed by atoms with E-state index >= 15 is 0 Å². The molecule has 3 rings (SSSR count). The summed E-state index contributed by atoms with van der Waals surface area (Å²) in [6.45, 7) is 5.80. The SMILES string of the molecule is CCCC(C)C(=O)N1CCC(c2nc3ccccc3o2)CC1. The quantitative estimate of drug-likeness (QED) is 0.858. The minimum Gasteiger partial charge on any atom is -0.440 e. The van der Waals surface area contributed by atoms with Gasteiger partial charge in [0.1, 0.15) is 5.52 Å². The number of benzene rings is 1. The van der Waals surface area contributed by atoms with Crippen LogP contribution in [0.2, 0.25) is 0 Å². The molecule has 0 spiro atoms. The third-order valence-electron chi connectivity index (χ3n) is 4.61. The van der Waals surface area contributed by atoms with Crippen molar-refractivity contribution in [2.45, 2.75) is 45.4 Å². The lowest BCUT2D eigenvalue weighted by atomic mass is 9.95. The Hall–Kier alpha value is -1.84. The molecular weight excluding hydrogens is 276 g/mol. The molecule has 2 heterocycles. The van der Waals surface area contributed by atoms with E-state index in [0.717, 1.165) is 55.8 Å². The average Bonchev–Trinajstić information content (AvgIpc) is 2.98. The molecule has 22 heavy (non-hydrogen) atoms. The van der Waals surface area contributed by atoms with E-state index in [-0.39, 0.29) is 5.92 Å². The maximum Gasteiger partial charge on any atom is 0.225 e. The maximum absolute atomic E-state index is 12.4. The lowest BCUT2D eigenvalue weighted by molar-refractivity contribution is -0.136. The number of carbonyl (C=O) groups excluding carboxylic acids is 1. The summed E-state index contributed by atoms with van der Waals surface area (Å²) in [4.78, 5) is 19.0. The Morgan fingerprint density at radius 1 is 1.36 bits per heavy atom. The second kappa shape index (κ2) is 6.51. The van der Waals surface area contributed by atoms with Gasteiger partial charge in [0, 0.05) is 24.9 Å². The lowest BCUT2D eigenvalue weighted by Crippen LogP contribution is -2.40. The van der Waals surface area contributed by atoms with E-state index in [2.05, 4.69) is 11.9 Å². The second-order valence-electron chi connectivity index (χ2n) is 6.31. The van der Waals surface area contributed by atoms with Crippen molar-refractivity contribution in [1.29, 1.82) is 0 Å². The van der Waals surface area contributed by atoms with Crippen molar-refractivity contribution in [2.75, 3.05) is 13.1 Å². The third kappa shape index (κ3) is 3.01. The Balaban J connectivity index is 1.63. The summed E-state index contributed by atoms with van der Waals surface area (Å²) in [6.07, 6.45) is 3.92. The standard InChI is InChI=1S/C18H24N2O2/c1-3-6-13(2)18(21)20-11-9-14(10-12-20)17-19-15-7-4-5-8-16(15)22-17/h4-5,7-8,13-14H,3,6,9-12H2,1-2H3. The Labute approximate surface area is 131 Å². The van der Waals surface area contributed by atoms with E-state index in [1.165, 1.54) is 0 Å². The Bertz CT molecular complexity index is 608. The predicted octanol–water partition coefficient (Wildman–Crippen LogP) is 3.97.